The molecule has 3 atom stereocenters. The van der Waals surface area contributed by atoms with Gasteiger partial charge < -0.3 is 24.4 Å². The van der Waals surface area contributed by atoms with Crippen molar-refractivity contribution < 1.29 is 38.3 Å². The van der Waals surface area contributed by atoms with Gasteiger partial charge in [-0.3, -0.25) is 18.9 Å². The largest absolute Gasteiger partial charge is 0.469 e. The van der Waals surface area contributed by atoms with E-state index < -0.39 is 50.1 Å². The third kappa shape index (κ3) is 4.93. The molecule has 1 fully saturated rings. The number of ether oxygens (including phenoxy) is 2. The number of carbonyl (C=O) groups is 1. The third-order valence-corrected chi connectivity index (χ3v) is 4.99. The second kappa shape index (κ2) is 8.64. The van der Waals surface area contributed by atoms with Crippen LogP contribution >= 0.6 is 7.82 Å². The number of nitrogens with zero attached hydrogens (tertiary/aromatic N) is 1. The van der Waals surface area contributed by atoms with E-state index in [1.165, 1.54) is 37.6 Å². The second-order valence-electron chi connectivity index (χ2n) is 6.50. The fourth-order valence-electron chi connectivity index (χ4n) is 3.02. The van der Waals surface area contributed by atoms with E-state index in [9.17, 15) is 24.1 Å². The summed E-state index contributed by atoms with van der Waals surface area (Å²) in [7, 11) is -3.51. The molecule has 4 N–H and O–H groups in total. The number of aromatic nitrogens is 2. The number of phosphoric acid groups is 1. The maximum Gasteiger partial charge on any atom is 0.469 e. The summed E-state index contributed by atoms with van der Waals surface area (Å²) in [5.74, 6) is -0.544. The van der Waals surface area contributed by atoms with Crippen LogP contribution in [0.5, 0.6) is 0 Å². The van der Waals surface area contributed by atoms with Crippen molar-refractivity contribution in [2.24, 2.45) is 0 Å². The van der Waals surface area contributed by atoms with Crippen molar-refractivity contribution >= 4 is 13.8 Å². The molecule has 2 heterocycles. The predicted molar refractivity (Wildman–Crippen MR) is 101 cm³/mol. The number of aliphatic hydroxyl groups is 1. The molecule has 1 aliphatic heterocycles. The van der Waals surface area contributed by atoms with Crippen molar-refractivity contribution in [3.05, 3.63) is 56.9 Å². The van der Waals surface area contributed by atoms with Crippen LogP contribution in [0.1, 0.15) is 23.0 Å². The number of rotatable bonds is 6. The quantitative estimate of drug-likeness (QED) is 0.344. The number of nitrogens with one attached hydrogen (secondary N) is 1. The molecule has 0 radical (unpaired) electrons. The molecule has 0 saturated carbocycles. The maximum absolute atomic E-state index is 12.3. The fraction of sp³-hybridized carbons (Fsp3) is 0.353. The standard InChI is InChI=1S/C17H19N2O10P/c1-27-16(22)10-4-2-9(3-5-10)11-7-19(17(23)18-15(11)21)14-6-12(20)13(29-14)8-28-30(24,25)26/h2-5,7,12-14,20H,6,8H2,1H3,(H,18,21,23)(H2,24,25,26)/t12-,13+,14+/m0/s1. The van der Waals surface area contributed by atoms with Crippen LogP contribution in [0.15, 0.2) is 40.1 Å². The molecule has 0 aliphatic carbocycles. The van der Waals surface area contributed by atoms with Crippen molar-refractivity contribution in [2.75, 3.05) is 13.7 Å². The number of methoxy groups -OCH3 is 1. The molecule has 1 aliphatic rings. The Kier molecular flexibility index (Phi) is 6.36. The maximum atomic E-state index is 12.3. The van der Waals surface area contributed by atoms with Crippen LogP contribution < -0.4 is 11.2 Å². The number of esters is 1. The third-order valence-electron chi connectivity index (χ3n) is 4.51. The van der Waals surface area contributed by atoms with Gasteiger partial charge in [0.15, 0.2) is 0 Å². The minimum absolute atomic E-state index is 0.0676. The lowest BCUT2D eigenvalue weighted by atomic mass is 10.1. The van der Waals surface area contributed by atoms with Gasteiger partial charge in [0.05, 0.1) is 30.9 Å². The van der Waals surface area contributed by atoms with Gasteiger partial charge in [0, 0.05) is 12.6 Å². The van der Waals surface area contributed by atoms with Crippen LogP contribution in [0.25, 0.3) is 11.1 Å². The second-order valence-corrected chi connectivity index (χ2v) is 7.74. The lowest BCUT2D eigenvalue weighted by Crippen LogP contribution is -2.33. The molecule has 1 aromatic heterocycles. The number of aliphatic hydroxyl groups excluding tert-OH is 1. The zero-order valence-electron chi connectivity index (χ0n) is 15.6. The molecule has 1 saturated heterocycles. The molecule has 30 heavy (non-hydrogen) atoms. The summed E-state index contributed by atoms with van der Waals surface area (Å²) >= 11 is 0. The first-order chi connectivity index (χ1) is 14.1. The Hall–Kier alpha value is -2.60. The number of hydrogen-bond donors (Lipinski definition) is 4. The number of phosphoric ester groups is 1. The van der Waals surface area contributed by atoms with Crippen molar-refractivity contribution in [3.63, 3.8) is 0 Å². The van der Waals surface area contributed by atoms with Gasteiger partial charge in [0.2, 0.25) is 0 Å². The van der Waals surface area contributed by atoms with E-state index in [0.29, 0.717) is 5.56 Å². The van der Waals surface area contributed by atoms with E-state index in [1.807, 2.05) is 0 Å². The molecule has 2 aromatic rings. The number of aromatic amines is 1. The summed E-state index contributed by atoms with van der Waals surface area (Å²) in [5, 5.41) is 10.1. The van der Waals surface area contributed by atoms with Gasteiger partial charge >= 0.3 is 19.5 Å². The minimum Gasteiger partial charge on any atom is -0.465 e. The molecular formula is C17H19N2O10P. The Morgan fingerprint density at radius 2 is 1.97 bits per heavy atom. The van der Waals surface area contributed by atoms with E-state index in [4.69, 9.17) is 14.5 Å². The van der Waals surface area contributed by atoms with Gasteiger partial charge in [-0.2, -0.15) is 0 Å². The molecular weight excluding hydrogens is 423 g/mol. The molecule has 3 rings (SSSR count). The van der Waals surface area contributed by atoms with Crippen LogP contribution in [0.2, 0.25) is 0 Å². The average molecular weight is 442 g/mol. The topological polar surface area (TPSA) is 177 Å². The summed E-state index contributed by atoms with van der Waals surface area (Å²) in [5.41, 5.74) is -0.650. The SMILES string of the molecule is COC(=O)c1ccc(-c2cn([C@H]3C[C@H](O)[C@@H](COP(=O)(O)O)O3)c(=O)[nH]c2=O)cc1. The van der Waals surface area contributed by atoms with Crippen molar-refractivity contribution in [1.82, 2.24) is 9.55 Å². The van der Waals surface area contributed by atoms with Gasteiger partial charge in [0.1, 0.15) is 12.3 Å². The van der Waals surface area contributed by atoms with E-state index in [2.05, 4.69) is 14.2 Å². The number of H-pyrrole nitrogens is 1. The normalized spacial score (nSPS) is 21.5. The van der Waals surface area contributed by atoms with Crippen LogP contribution in [0, 0.1) is 0 Å². The van der Waals surface area contributed by atoms with Crippen LogP contribution in [0.3, 0.4) is 0 Å². The molecule has 0 bridgehead atoms. The number of benzene rings is 1. The summed E-state index contributed by atoms with van der Waals surface area (Å²) in [6, 6.07) is 5.93. The first-order valence-electron chi connectivity index (χ1n) is 8.67. The molecule has 0 amide bonds. The summed E-state index contributed by atoms with van der Waals surface area (Å²) in [6.45, 7) is -0.581. The smallest absolute Gasteiger partial charge is 0.465 e. The highest BCUT2D eigenvalue weighted by Gasteiger charge is 2.37. The van der Waals surface area contributed by atoms with Gasteiger partial charge in [-0.1, -0.05) is 12.1 Å². The molecule has 0 spiro atoms. The van der Waals surface area contributed by atoms with Crippen molar-refractivity contribution in [3.8, 4) is 11.1 Å². The first kappa shape index (κ1) is 22.1. The zero-order valence-corrected chi connectivity index (χ0v) is 16.5. The van der Waals surface area contributed by atoms with Gasteiger partial charge in [-0.05, 0) is 17.7 Å². The lowest BCUT2D eigenvalue weighted by Gasteiger charge is -2.17. The molecule has 13 heteroatoms. The fourth-order valence-corrected chi connectivity index (χ4v) is 3.36. The van der Waals surface area contributed by atoms with Gasteiger partial charge in [0.25, 0.3) is 5.56 Å². The van der Waals surface area contributed by atoms with Gasteiger partial charge in [-0.25, -0.2) is 14.2 Å². The lowest BCUT2D eigenvalue weighted by molar-refractivity contribution is -0.0450. The predicted octanol–water partition coefficient (Wildman–Crippen LogP) is -0.252. The van der Waals surface area contributed by atoms with Crippen molar-refractivity contribution in [1.29, 1.82) is 0 Å². The van der Waals surface area contributed by atoms with Crippen LogP contribution in [0.4, 0.5) is 0 Å². The molecule has 12 nitrogen and oxygen atoms in total. The van der Waals surface area contributed by atoms with Crippen LogP contribution in [-0.2, 0) is 18.6 Å². The Bertz CT molecular complexity index is 1090. The monoisotopic (exact) mass is 442 g/mol. The molecule has 0 unspecified atom stereocenters. The molecule has 162 valence electrons. The summed E-state index contributed by atoms with van der Waals surface area (Å²) < 4.78 is 26.4. The average Bonchev–Trinajstić information content (AvgIpc) is 3.06. The highest BCUT2D eigenvalue weighted by molar-refractivity contribution is 7.46. The first-order valence-corrected chi connectivity index (χ1v) is 10.2. The number of carbonyl (C=O) groups excluding carboxylic acids is 1. The zero-order chi connectivity index (χ0) is 22.1. The Morgan fingerprint density at radius 3 is 2.57 bits per heavy atom. The highest BCUT2D eigenvalue weighted by atomic mass is 31.2. The Morgan fingerprint density at radius 1 is 1.30 bits per heavy atom. The summed E-state index contributed by atoms with van der Waals surface area (Å²) in [4.78, 5) is 55.8. The van der Waals surface area contributed by atoms with E-state index in [-0.39, 0.29) is 17.5 Å². The molecule has 1 aromatic carbocycles. The summed E-state index contributed by atoms with van der Waals surface area (Å²) in [6.07, 6.45) is -2.05. The van der Waals surface area contributed by atoms with E-state index >= 15 is 0 Å². The van der Waals surface area contributed by atoms with Gasteiger partial charge in [-0.15, -0.1) is 0 Å². The van der Waals surface area contributed by atoms with E-state index in [1.54, 1.807) is 0 Å². The minimum atomic E-state index is -4.75. The number of hydrogen-bond acceptors (Lipinski definition) is 8. The van der Waals surface area contributed by atoms with E-state index in [0.717, 1.165) is 4.57 Å². The van der Waals surface area contributed by atoms with Crippen molar-refractivity contribution in [2.45, 2.75) is 24.9 Å². The Balaban J connectivity index is 1.87. The Labute approximate surface area is 168 Å². The van der Waals surface area contributed by atoms with Crippen LogP contribution in [-0.4, -0.2) is 56.3 Å². The highest BCUT2D eigenvalue weighted by Crippen LogP contribution is 2.38.